The summed E-state index contributed by atoms with van der Waals surface area (Å²) in [6.45, 7) is 0.733. The molecular weight excluding hydrogens is 406 g/mol. The van der Waals surface area contributed by atoms with Gasteiger partial charge in [0.25, 0.3) is 0 Å². The minimum atomic E-state index is -0.180. The van der Waals surface area contributed by atoms with Crippen LogP contribution in [-0.2, 0) is 11.2 Å². The number of methoxy groups -OCH3 is 1. The first-order valence-electron chi connectivity index (χ1n) is 6.28. The molecule has 1 nitrogen and oxygen atoms in total. The van der Waals surface area contributed by atoms with E-state index >= 15 is 0 Å². The van der Waals surface area contributed by atoms with Gasteiger partial charge in [0.2, 0.25) is 0 Å². The van der Waals surface area contributed by atoms with Crippen molar-refractivity contribution < 1.29 is 4.74 Å². The third-order valence-corrected chi connectivity index (χ3v) is 5.18. The van der Waals surface area contributed by atoms with Gasteiger partial charge in [-0.2, -0.15) is 0 Å². The van der Waals surface area contributed by atoms with E-state index in [1.165, 1.54) is 5.56 Å². The molecule has 1 atom stereocenters. The van der Waals surface area contributed by atoms with Gasteiger partial charge in [-0.1, -0.05) is 41.9 Å². The van der Waals surface area contributed by atoms with E-state index in [-0.39, 0.29) is 5.38 Å². The van der Waals surface area contributed by atoms with Crippen LogP contribution in [-0.4, -0.2) is 13.7 Å². The van der Waals surface area contributed by atoms with E-state index in [1.807, 2.05) is 18.2 Å². The van der Waals surface area contributed by atoms with E-state index in [4.69, 9.17) is 27.9 Å². The number of alkyl halides is 1. The molecule has 0 saturated carbocycles. The van der Waals surface area contributed by atoms with Crippen molar-refractivity contribution >= 4 is 45.8 Å². The molecule has 0 aliphatic heterocycles. The molecule has 2 aromatic rings. The third kappa shape index (κ3) is 4.10. The van der Waals surface area contributed by atoms with Gasteiger partial charge in [0.1, 0.15) is 0 Å². The molecule has 0 spiro atoms. The topological polar surface area (TPSA) is 9.23 Å². The van der Waals surface area contributed by atoms with Crippen LogP contribution in [0.3, 0.4) is 0 Å². The normalized spacial score (nSPS) is 12.4. The summed E-state index contributed by atoms with van der Waals surface area (Å²) in [5.74, 6) is 0. The summed E-state index contributed by atoms with van der Waals surface area (Å²) in [7, 11) is 1.71. The van der Waals surface area contributed by atoms with Crippen LogP contribution in [0.25, 0.3) is 0 Å². The van der Waals surface area contributed by atoms with Gasteiger partial charge in [-0.3, -0.25) is 0 Å². The Morgan fingerprint density at radius 3 is 2.35 bits per heavy atom. The molecule has 0 amide bonds. The summed E-state index contributed by atoms with van der Waals surface area (Å²) >= 11 is 14.9. The first-order chi connectivity index (χ1) is 9.61. The predicted octanol–water partition coefficient (Wildman–Crippen LogP) is 5.46. The average molecular weight is 421 g/mol. The molecule has 0 aliphatic rings. The van der Waals surface area contributed by atoms with Crippen LogP contribution in [0.1, 0.15) is 22.1 Å². The van der Waals surface area contributed by atoms with E-state index in [0.717, 1.165) is 32.7 Å². The van der Waals surface area contributed by atoms with Crippen LogP contribution >= 0.6 is 45.8 Å². The van der Waals surface area contributed by atoms with Crippen molar-refractivity contribution in [1.29, 1.82) is 0 Å². The Bertz CT molecular complexity index is 569. The fourth-order valence-corrected chi connectivity index (χ4v) is 2.74. The summed E-state index contributed by atoms with van der Waals surface area (Å²) in [5, 5.41) is 0.562. The number of hydrogen-bond donors (Lipinski definition) is 0. The summed E-state index contributed by atoms with van der Waals surface area (Å²) in [5.41, 5.74) is 3.34. The second-order valence-corrected chi connectivity index (χ2v) is 6.53. The molecule has 0 heterocycles. The Kier molecular flexibility index (Phi) is 6.15. The molecule has 20 heavy (non-hydrogen) atoms. The lowest BCUT2D eigenvalue weighted by Crippen LogP contribution is -1.97. The molecule has 2 rings (SSSR count). The highest BCUT2D eigenvalue weighted by Crippen LogP contribution is 2.32. The van der Waals surface area contributed by atoms with Gasteiger partial charge in [-0.05, 0) is 57.8 Å². The lowest BCUT2D eigenvalue weighted by atomic mass is 10.0. The SMILES string of the molecule is COCCc1ccc(C(Cl)c2ccc(I)c(Cl)c2)cc1. The minimum Gasteiger partial charge on any atom is -0.384 e. The first kappa shape index (κ1) is 16.1. The molecule has 0 saturated heterocycles. The predicted molar refractivity (Wildman–Crippen MR) is 93.9 cm³/mol. The van der Waals surface area contributed by atoms with Crippen molar-refractivity contribution in [2.75, 3.05) is 13.7 Å². The summed E-state index contributed by atoms with van der Waals surface area (Å²) in [4.78, 5) is 0. The molecule has 106 valence electrons. The van der Waals surface area contributed by atoms with E-state index in [0.29, 0.717) is 0 Å². The standard InChI is InChI=1S/C16H15Cl2IO/c1-20-9-8-11-2-4-12(5-3-11)16(18)13-6-7-15(19)14(17)10-13/h2-7,10,16H,8-9H2,1H3. The highest BCUT2D eigenvalue weighted by molar-refractivity contribution is 14.1. The Morgan fingerprint density at radius 2 is 1.75 bits per heavy atom. The number of ether oxygens (including phenoxy) is 1. The summed E-state index contributed by atoms with van der Waals surface area (Å²) in [6.07, 6.45) is 0.916. The molecule has 0 fully saturated rings. The van der Waals surface area contributed by atoms with Crippen LogP contribution in [0, 0.1) is 3.57 Å². The van der Waals surface area contributed by atoms with E-state index in [1.54, 1.807) is 7.11 Å². The molecule has 2 aromatic carbocycles. The van der Waals surface area contributed by atoms with Crippen molar-refractivity contribution in [3.63, 3.8) is 0 Å². The Labute approximate surface area is 143 Å². The smallest absolute Gasteiger partial charge is 0.0835 e. The van der Waals surface area contributed by atoms with Crippen molar-refractivity contribution in [2.24, 2.45) is 0 Å². The van der Waals surface area contributed by atoms with Crippen LogP contribution in [0.5, 0.6) is 0 Å². The molecule has 4 heteroatoms. The van der Waals surface area contributed by atoms with Gasteiger partial charge in [-0.15, -0.1) is 11.6 Å². The lowest BCUT2D eigenvalue weighted by Gasteiger charge is -2.12. The molecule has 0 aliphatic carbocycles. The highest BCUT2D eigenvalue weighted by Gasteiger charge is 2.12. The number of halogens is 3. The molecule has 0 aromatic heterocycles. The van der Waals surface area contributed by atoms with Crippen LogP contribution in [0.15, 0.2) is 42.5 Å². The van der Waals surface area contributed by atoms with Gasteiger partial charge in [-0.25, -0.2) is 0 Å². The second-order valence-electron chi connectivity index (χ2n) is 4.52. The number of hydrogen-bond acceptors (Lipinski definition) is 1. The van der Waals surface area contributed by atoms with E-state index in [2.05, 4.69) is 46.9 Å². The van der Waals surface area contributed by atoms with Crippen LogP contribution in [0.2, 0.25) is 5.02 Å². The molecule has 0 bridgehead atoms. The fourth-order valence-electron chi connectivity index (χ4n) is 1.94. The van der Waals surface area contributed by atoms with Gasteiger partial charge in [0.05, 0.1) is 17.0 Å². The van der Waals surface area contributed by atoms with Crippen LogP contribution in [0.4, 0.5) is 0 Å². The first-order valence-corrected chi connectivity index (χ1v) is 8.18. The van der Waals surface area contributed by atoms with Crippen molar-refractivity contribution in [3.8, 4) is 0 Å². The molecule has 1 unspecified atom stereocenters. The maximum atomic E-state index is 6.53. The molecule has 0 radical (unpaired) electrons. The maximum absolute atomic E-state index is 6.53. The quantitative estimate of drug-likeness (QED) is 0.460. The summed E-state index contributed by atoms with van der Waals surface area (Å²) in [6, 6.07) is 14.3. The Morgan fingerprint density at radius 1 is 1.10 bits per heavy atom. The second kappa shape index (κ2) is 7.64. The highest BCUT2D eigenvalue weighted by atomic mass is 127. The zero-order chi connectivity index (χ0) is 14.5. The zero-order valence-corrected chi connectivity index (χ0v) is 14.7. The fraction of sp³-hybridized carbons (Fsp3) is 0.250. The lowest BCUT2D eigenvalue weighted by molar-refractivity contribution is 0.202. The monoisotopic (exact) mass is 420 g/mol. The number of benzene rings is 2. The Balaban J connectivity index is 2.15. The molecule has 0 N–H and O–H groups in total. The van der Waals surface area contributed by atoms with Gasteiger partial charge >= 0.3 is 0 Å². The van der Waals surface area contributed by atoms with Crippen molar-refractivity contribution in [3.05, 3.63) is 67.7 Å². The van der Waals surface area contributed by atoms with Crippen molar-refractivity contribution in [1.82, 2.24) is 0 Å². The maximum Gasteiger partial charge on any atom is 0.0835 e. The van der Waals surface area contributed by atoms with Crippen LogP contribution < -0.4 is 0 Å². The molecular formula is C16H15Cl2IO. The number of rotatable bonds is 5. The Hall–Kier alpha value is -0.290. The largest absolute Gasteiger partial charge is 0.384 e. The summed E-state index contributed by atoms with van der Waals surface area (Å²) < 4.78 is 6.11. The minimum absolute atomic E-state index is 0.180. The van der Waals surface area contributed by atoms with E-state index in [9.17, 15) is 0 Å². The van der Waals surface area contributed by atoms with Gasteiger partial charge in [0.15, 0.2) is 0 Å². The van der Waals surface area contributed by atoms with E-state index < -0.39 is 0 Å². The van der Waals surface area contributed by atoms with Crippen molar-refractivity contribution in [2.45, 2.75) is 11.8 Å². The zero-order valence-electron chi connectivity index (χ0n) is 11.1. The average Bonchev–Trinajstić information content (AvgIpc) is 2.48. The van der Waals surface area contributed by atoms with Gasteiger partial charge in [0, 0.05) is 10.7 Å². The third-order valence-electron chi connectivity index (χ3n) is 3.10. The van der Waals surface area contributed by atoms with Gasteiger partial charge < -0.3 is 4.74 Å².